The van der Waals surface area contributed by atoms with E-state index < -0.39 is 5.97 Å². The number of carboxylic acids is 1. The minimum atomic E-state index is -1.00. The zero-order valence-corrected chi connectivity index (χ0v) is 15.8. The zero-order chi connectivity index (χ0) is 19.9. The Hall–Kier alpha value is -3.54. The topological polar surface area (TPSA) is 71.9 Å². The molecule has 0 spiro atoms. The molecule has 144 valence electrons. The van der Waals surface area contributed by atoms with Crippen molar-refractivity contribution in [3.8, 4) is 11.5 Å². The second-order valence-electron chi connectivity index (χ2n) is 6.23. The average Bonchev–Trinajstić information content (AvgIpc) is 2.74. The van der Waals surface area contributed by atoms with E-state index in [0.717, 1.165) is 22.6 Å². The van der Waals surface area contributed by atoms with E-state index in [1.165, 1.54) is 0 Å². The van der Waals surface area contributed by atoms with Gasteiger partial charge >= 0.3 is 5.97 Å². The fourth-order valence-electron chi connectivity index (χ4n) is 2.92. The van der Waals surface area contributed by atoms with Gasteiger partial charge in [0.15, 0.2) is 0 Å². The van der Waals surface area contributed by atoms with Crippen molar-refractivity contribution < 1.29 is 19.4 Å². The van der Waals surface area contributed by atoms with E-state index in [2.05, 4.69) is 4.98 Å². The summed E-state index contributed by atoms with van der Waals surface area (Å²) in [7, 11) is 3.25. The molecule has 1 N–H and O–H groups in total. The summed E-state index contributed by atoms with van der Waals surface area (Å²) in [6.45, 7) is 1.01. The second kappa shape index (κ2) is 8.90. The van der Waals surface area contributed by atoms with Gasteiger partial charge in [-0.15, -0.1) is 0 Å². The molecule has 0 atom stereocenters. The fraction of sp³-hybridized carbons (Fsp3) is 0.182. The number of pyridine rings is 1. The first kappa shape index (κ1) is 19.2. The zero-order valence-electron chi connectivity index (χ0n) is 15.8. The van der Waals surface area contributed by atoms with Crippen LogP contribution in [0.2, 0.25) is 0 Å². The predicted octanol–water partition coefficient (Wildman–Crippen LogP) is 4.00. The molecule has 3 aromatic rings. The number of hydrogen-bond acceptors (Lipinski definition) is 5. The molecular formula is C22H22N2O4. The summed E-state index contributed by atoms with van der Waals surface area (Å²) in [6.07, 6.45) is 1.61. The van der Waals surface area contributed by atoms with E-state index in [0.29, 0.717) is 18.9 Å². The Morgan fingerprint density at radius 2 is 1.39 bits per heavy atom. The number of carboxylic acid groups (broad SMARTS) is 1. The molecule has 0 aliphatic rings. The number of aromatic nitrogens is 1. The van der Waals surface area contributed by atoms with Crippen LogP contribution in [0.15, 0.2) is 66.9 Å². The molecule has 1 aromatic heterocycles. The summed E-state index contributed by atoms with van der Waals surface area (Å²) in [6, 6.07) is 18.6. The Balaban J connectivity index is 1.93. The van der Waals surface area contributed by atoms with Gasteiger partial charge in [0.25, 0.3) is 0 Å². The van der Waals surface area contributed by atoms with Crippen LogP contribution in [0.5, 0.6) is 11.5 Å². The fourth-order valence-corrected chi connectivity index (χ4v) is 2.92. The molecule has 0 saturated heterocycles. The number of anilines is 1. The van der Waals surface area contributed by atoms with E-state index >= 15 is 0 Å². The van der Waals surface area contributed by atoms with Crippen LogP contribution >= 0.6 is 0 Å². The Morgan fingerprint density at radius 3 is 1.82 bits per heavy atom. The molecule has 0 bridgehead atoms. The van der Waals surface area contributed by atoms with Crippen molar-refractivity contribution in [2.75, 3.05) is 19.1 Å². The van der Waals surface area contributed by atoms with Gasteiger partial charge in [0.05, 0.1) is 14.2 Å². The van der Waals surface area contributed by atoms with Gasteiger partial charge < -0.3 is 19.5 Å². The summed E-state index contributed by atoms with van der Waals surface area (Å²) in [5.74, 6) is 0.975. The maximum Gasteiger partial charge on any atom is 0.339 e. The highest BCUT2D eigenvalue weighted by Gasteiger charge is 2.18. The third-order valence-electron chi connectivity index (χ3n) is 4.38. The SMILES string of the molecule is COc1ccc(CN(Cc2ccc(OC)cc2)c2ncccc2C(=O)O)cc1. The van der Waals surface area contributed by atoms with Gasteiger partial charge in [0, 0.05) is 19.3 Å². The number of carbonyl (C=O) groups is 1. The standard InChI is InChI=1S/C22H22N2O4/c1-27-18-9-5-16(6-10-18)14-24(15-17-7-11-19(28-2)12-8-17)21-20(22(25)26)4-3-13-23-21/h3-13H,14-15H2,1-2H3,(H,25,26). The lowest BCUT2D eigenvalue weighted by Crippen LogP contribution is -2.25. The quantitative estimate of drug-likeness (QED) is 0.639. The molecule has 1 heterocycles. The van der Waals surface area contributed by atoms with Gasteiger partial charge in [0.1, 0.15) is 22.9 Å². The maximum absolute atomic E-state index is 11.7. The number of rotatable bonds is 8. The monoisotopic (exact) mass is 378 g/mol. The number of benzene rings is 2. The average molecular weight is 378 g/mol. The van der Waals surface area contributed by atoms with Crippen molar-refractivity contribution in [1.29, 1.82) is 0 Å². The number of nitrogens with zero attached hydrogens (tertiary/aromatic N) is 2. The van der Waals surface area contributed by atoms with E-state index in [-0.39, 0.29) is 5.56 Å². The number of hydrogen-bond donors (Lipinski definition) is 1. The summed E-state index contributed by atoms with van der Waals surface area (Å²) < 4.78 is 10.4. The summed E-state index contributed by atoms with van der Waals surface area (Å²) in [5.41, 5.74) is 2.22. The van der Waals surface area contributed by atoms with Crippen LogP contribution in [0.25, 0.3) is 0 Å². The van der Waals surface area contributed by atoms with Crippen LogP contribution in [-0.4, -0.2) is 30.3 Å². The molecule has 0 unspecified atom stereocenters. The van der Waals surface area contributed by atoms with E-state index in [1.54, 1.807) is 32.5 Å². The molecular weight excluding hydrogens is 356 g/mol. The minimum Gasteiger partial charge on any atom is -0.497 e. The van der Waals surface area contributed by atoms with Crippen molar-refractivity contribution in [3.63, 3.8) is 0 Å². The third-order valence-corrected chi connectivity index (χ3v) is 4.38. The molecule has 0 aliphatic carbocycles. The lowest BCUT2D eigenvalue weighted by atomic mass is 10.1. The highest BCUT2D eigenvalue weighted by atomic mass is 16.5. The van der Waals surface area contributed by atoms with E-state index in [1.807, 2.05) is 53.4 Å². The first-order chi connectivity index (χ1) is 13.6. The van der Waals surface area contributed by atoms with Crippen molar-refractivity contribution in [1.82, 2.24) is 4.98 Å². The van der Waals surface area contributed by atoms with Crippen molar-refractivity contribution in [3.05, 3.63) is 83.6 Å². The molecule has 3 rings (SSSR count). The van der Waals surface area contributed by atoms with Crippen LogP contribution in [0, 0.1) is 0 Å². The van der Waals surface area contributed by atoms with Crippen LogP contribution in [0.4, 0.5) is 5.82 Å². The Morgan fingerprint density at radius 1 is 0.893 bits per heavy atom. The highest BCUT2D eigenvalue weighted by Crippen LogP contribution is 2.24. The van der Waals surface area contributed by atoms with Crippen LogP contribution < -0.4 is 14.4 Å². The van der Waals surface area contributed by atoms with Crippen molar-refractivity contribution in [2.45, 2.75) is 13.1 Å². The molecule has 0 aliphatic heterocycles. The molecule has 0 saturated carbocycles. The van der Waals surface area contributed by atoms with Gasteiger partial charge in [-0.3, -0.25) is 0 Å². The summed E-state index contributed by atoms with van der Waals surface area (Å²) in [5, 5.41) is 9.58. The van der Waals surface area contributed by atoms with Gasteiger partial charge in [-0.25, -0.2) is 9.78 Å². The lowest BCUT2D eigenvalue weighted by molar-refractivity contribution is 0.0697. The minimum absolute atomic E-state index is 0.171. The Kier molecular flexibility index (Phi) is 6.11. The van der Waals surface area contributed by atoms with Gasteiger partial charge in [-0.2, -0.15) is 0 Å². The normalized spacial score (nSPS) is 10.4. The van der Waals surface area contributed by atoms with E-state index in [4.69, 9.17) is 9.47 Å². The lowest BCUT2D eigenvalue weighted by Gasteiger charge is -2.25. The maximum atomic E-state index is 11.7. The van der Waals surface area contributed by atoms with Crippen molar-refractivity contribution >= 4 is 11.8 Å². The van der Waals surface area contributed by atoms with Gasteiger partial charge in [-0.1, -0.05) is 24.3 Å². The van der Waals surface area contributed by atoms with Crippen LogP contribution in [-0.2, 0) is 13.1 Å². The molecule has 2 aromatic carbocycles. The molecule has 0 amide bonds. The second-order valence-corrected chi connectivity index (χ2v) is 6.23. The highest BCUT2D eigenvalue weighted by molar-refractivity contribution is 5.93. The first-order valence-electron chi connectivity index (χ1n) is 8.80. The summed E-state index contributed by atoms with van der Waals surface area (Å²) in [4.78, 5) is 18.0. The van der Waals surface area contributed by atoms with Crippen molar-refractivity contribution in [2.24, 2.45) is 0 Å². The molecule has 28 heavy (non-hydrogen) atoms. The molecule has 0 radical (unpaired) electrons. The predicted molar refractivity (Wildman–Crippen MR) is 107 cm³/mol. The number of ether oxygens (including phenoxy) is 2. The molecule has 6 nitrogen and oxygen atoms in total. The van der Waals surface area contributed by atoms with Crippen LogP contribution in [0.1, 0.15) is 21.5 Å². The van der Waals surface area contributed by atoms with Gasteiger partial charge in [0.2, 0.25) is 0 Å². The molecule has 0 fully saturated rings. The van der Waals surface area contributed by atoms with Gasteiger partial charge in [-0.05, 0) is 47.5 Å². The number of aromatic carboxylic acids is 1. The largest absolute Gasteiger partial charge is 0.497 e. The third kappa shape index (κ3) is 4.59. The van der Waals surface area contributed by atoms with E-state index in [9.17, 15) is 9.90 Å². The summed E-state index contributed by atoms with van der Waals surface area (Å²) >= 11 is 0. The Bertz CT molecular complexity index is 875. The molecule has 6 heteroatoms. The smallest absolute Gasteiger partial charge is 0.339 e. The Labute approximate surface area is 164 Å². The van der Waals surface area contributed by atoms with Crippen LogP contribution in [0.3, 0.4) is 0 Å². The number of methoxy groups -OCH3 is 2. The first-order valence-corrected chi connectivity index (χ1v) is 8.80.